The fraction of sp³-hybridized carbons (Fsp3) is 0.312. The predicted octanol–water partition coefficient (Wildman–Crippen LogP) is 3.68. The Morgan fingerprint density at radius 1 is 1.25 bits per heavy atom. The molecule has 1 heterocycles. The summed E-state index contributed by atoms with van der Waals surface area (Å²) in [5, 5.41) is 4.72. The highest BCUT2D eigenvalue weighted by Crippen LogP contribution is 2.18. The van der Waals surface area contributed by atoms with E-state index in [0.717, 1.165) is 10.6 Å². The van der Waals surface area contributed by atoms with Crippen LogP contribution in [0, 0.1) is 0 Å². The van der Waals surface area contributed by atoms with Gasteiger partial charge in [0.1, 0.15) is 12.4 Å². The van der Waals surface area contributed by atoms with Gasteiger partial charge in [-0.25, -0.2) is 0 Å². The van der Waals surface area contributed by atoms with E-state index in [1.807, 2.05) is 29.6 Å². The maximum atomic E-state index is 11.7. The summed E-state index contributed by atoms with van der Waals surface area (Å²) in [6.45, 7) is 5.30. The summed E-state index contributed by atoms with van der Waals surface area (Å²) >= 11 is 1.44. The number of ether oxygens (including phenoxy) is 1. The number of amides is 1. The van der Waals surface area contributed by atoms with Gasteiger partial charge in [0.25, 0.3) is 5.91 Å². The second kappa shape index (κ2) is 7.10. The Hall–Kier alpha value is -1.81. The molecular weight excluding hydrogens is 270 g/mol. The summed E-state index contributed by atoms with van der Waals surface area (Å²) in [5.41, 5.74) is 1.29. The molecule has 2 rings (SSSR count). The molecule has 0 fully saturated rings. The van der Waals surface area contributed by atoms with Gasteiger partial charge in [-0.1, -0.05) is 32.0 Å². The van der Waals surface area contributed by atoms with Gasteiger partial charge >= 0.3 is 0 Å². The zero-order valence-corrected chi connectivity index (χ0v) is 12.6. The van der Waals surface area contributed by atoms with Crippen molar-refractivity contribution in [2.24, 2.45) is 0 Å². The van der Waals surface area contributed by atoms with Crippen LogP contribution in [0.2, 0.25) is 0 Å². The van der Waals surface area contributed by atoms with Crippen molar-refractivity contribution in [2.75, 3.05) is 13.2 Å². The monoisotopic (exact) mass is 289 g/mol. The summed E-state index contributed by atoms with van der Waals surface area (Å²) < 4.78 is 5.60. The molecule has 1 aromatic heterocycles. The van der Waals surface area contributed by atoms with Crippen LogP contribution in [-0.2, 0) is 0 Å². The topological polar surface area (TPSA) is 38.3 Å². The van der Waals surface area contributed by atoms with E-state index in [9.17, 15) is 4.79 Å². The molecule has 0 saturated heterocycles. The van der Waals surface area contributed by atoms with E-state index in [1.165, 1.54) is 16.9 Å². The van der Waals surface area contributed by atoms with E-state index < -0.39 is 0 Å². The third-order valence-corrected chi connectivity index (χ3v) is 3.82. The summed E-state index contributed by atoms with van der Waals surface area (Å²) in [6, 6.07) is 11.8. The largest absolute Gasteiger partial charge is 0.492 e. The van der Waals surface area contributed by atoms with Gasteiger partial charge in [0.2, 0.25) is 0 Å². The van der Waals surface area contributed by atoms with Gasteiger partial charge < -0.3 is 10.1 Å². The van der Waals surface area contributed by atoms with Gasteiger partial charge in [-0.3, -0.25) is 4.79 Å². The van der Waals surface area contributed by atoms with Crippen molar-refractivity contribution in [1.29, 1.82) is 0 Å². The minimum atomic E-state index is -0.0428. The van der Waals surface area contributed by atoms with Crippen LogP contribution in [0.1, 0.15) is 35.0 Å². The fourth-order valence-electron chi connectivity index (χ4n) is 1.78. The summed E-state index contributed by atoms with van der Waals surface area (Å²) in [6.07, 6.45) is 0. The Morgan fingerprint density at radius 2 is 2.00 bits per heavy atom. The molecule has 3 nitrogen and oxygen atoms in total. The van der Waals surface area contributed by atoms with Gasteiger partial charge in [0.05, 0.1) is 11.4 Å². The van der Waals surface area contributed by atoms with Crippen LogP contribution in [0.3, 0.4) is 0 Å². The van der Waals surface area contributed by atoms with Crippen LogP contribution in [0.25, 0.3) is 0 Å². The van der Waals surface area contributed by atoms with Crippen molar-refractivity contribution >= 4 is 17.2 Å². The number of nitrogens with one attached hydrogen (secondary N) is 1. The number of carbonyl (C=O) groups excluding carboxylic acids is 1. The number of rotatable bonds is 6. The van der Waals surface area contributed by atoms with Crippen molar-refractivity contribution < 1.29 is 9.53 Å². The minimum Gasteiger partial charge on any atom is -0.492 e. The van der Waals surface area contributed by atoms with E-state index >= 15 is 0 Å². The summed E-state index contributed by atoms with van der Waals surface area (Å²) in [4.78, 5) is 12.4. The highest BCUT2D eigenvalue weighted by atomic mass is 32.1. The van der Waals surface area contributed by atoms with Crippen molar-refractivity contribution in [3.05, 3.63) is 52.2 Å². The minimum absolute atomic E-state index is 0.0428. The molecular formula is C16H19NO2S. The second-order valence-corrected chi connectivity index (χ2v) is 5.75. The molecule has 2 aromatic rings. The lowest BCUT2D eigenvalue weighted by Gasteiger charge is -2.09. The average molecular weight is 289 g/mol. The Morgan fingerprint density at radius 3 is 2.60 bits per heavy atom. The van der Waals surface area contributed by atoms with Crippen molar-refractivity contribution in [1.82, 2.24) is 5.32 Å². The molecule has 1 amide bonds. The van der Waals surface area contributed by atoms with Crippen LogP contribution in [0.4, 0.5) is 0 Å². The third-order valence-electron chi connectivity index (χ3n) is 2.95. The fourth-order valence-corrected chi connectivity index (χ4v) is 2.42. The lowest BCUT2D eigenvalue weighted by molar-refractivity contribution is 0.0951. The maximum Gasteiger partial charge on any atom is 0.261 e. The van der Waals surface area contributed by atoms with E-state index in [0.29, 0.717) is 19.1 Å². The molecule has 0 saturated carbocycles. The van der Waals surface area contributed by atoms with E-state index in [4.69, 9.17) is 4.74 Å². The Bertz CT molecular complexity index is 532. The first kappa shape index (κ1) is 14.6. The second-order valence-electron chi connectivity index (χ2n) is 4.81. The molecule has 0 aliphatic heterocycles. The molecule has 20 heavy (non-hydrogen) atoms. The van der Waals surface area contributed by atoms with Crippen LogP contribution < -0.4 is 10.1 Å². The van der Waals surface area contributed by atoms with Crippen molar-refractivity contribution in [3.63, 3.8) is 0 Å². The molecule has 0 spiro atoms. The van der Waals surface area contributed by atoms with Gasteiger partial charge in [-0.05, 0) is 35.1 Å². The van der Waals surface area contributed by atoms with Crippen molar-refractivity contribution in [3.8, 4) is 5.75 Å². The zero-order valence-electron chi connectivity index (χ0n) is 11.8. The standard InChI is InChI=1S/C16H19NO2S/c1-12(2)13-5-7-14(8-6-13)19-10-9-17-16(18)15-4-3-11-20-15/h3-8,11-12H,9-10H2,1-2H3,(H,17,18). The normalized spacial score (nSPS) is 10.6. The average Bonchev–Trinajstić information content (AvgIpc) is 2.98. The highest BCUT2D eigenvalue weighted by molar-refractivity contribution is 7.12. The Labute approximate surface area is 123 Å². The summed E-state index contributed by atoms with van der Waals surface area (Å²) in [7, 11) is 0. The first-order chi connectivity index (χ1) is 9.66. The van der Waals surface area contributed by atoms with E-state index in [1.54, 1.807) is 0 Å². The molecule has 0 aliphatic carbocycles. The molecule has 0 aliphatic rings. The molecule has 0 unspecified atom stereocenters. The first-order valence-electron chi connectivity index (χ1n) is 6.71. The smallest absolute Gasteiger partial charge is 0.261 e. The number of carbonyl (C=O) groups is 1. The highest BCUT2D eigenvalue weighted by Gasteiger charge is 2.05. The van der Waals surface area contributed by atoms with Crippen LogP contribution >= 0.6 is 11.3 Å². The SMILES string of the molecule is CC(C)c1ccc(OCCNC(=O)c2cccs2)cc1. The first-order valence-corrected chi connectivity index (χ1v) is 7.59. The van der Waals surface area contributed by atoms with E-state index in [2.05, 4.69) is 31.3 Å². The van der Waals surface area contributed by atoms with Gasteiger partial charge in [0, 0.05) is 0 Å². The molecule has 0 radical (unpaired) electrons. The van der Waals surface area contributed by atoms with Crippen LogP contribution in [0.5, 0.6) is 5.75 Å². The summed E-state index contributed by atoms with van der Waals surface area (Å²) in [5.74, 6) is 1.31. The van der Waals surface area contributed by atoms with Gasteiger partial charge in [-0.15, -0.1) is 11.3 Å². The Balaban J connectivity index is 1.72. The molecule has 0 atom stereocenters. The van der Waals surface area contributed by atoms with Crippen LogP contribution in [-0.4, -0.2) is 19.1 Å². The molecule has 4 heteroatoms. The lowest BCUT2D eigenvalue weighted by Crippen LogP contribution is -2.27. The predicted molar refractivity (Wildman–Crippen MR) is 82.7 cm³/mol. The molecule has 106 valence electrons. The molecule has 1 aromatic carbocycles. The maximum absolute atomic E-state index is 11.7. The quantitative estimate of drug-likeness (QED) is 0.824. The lowest BCUT2D eigenvalue weighted by atomic mass is 10.0. The van der Waals surface area contributed by atoms with Gasteiger partial charge in [-0.2, -0.15) is 0 Å². The van der Waals surface area contributed by atoms with E-state index in [-0.39, 0.29) is 5.91 Å². The number of hydrogen-bond acceptors (Lipinski definition) is 3. The number of hydrogen-bond donors (Lipinski definition) is 1. The third kappa shape index (κ3) is 4.10. The molecule has 1 N–H and O–H groups in total. The number of benzene rings is 1. The van der Waals surface area contributed by atoms with Crippen LogP contribution in [0.15, 0.2) is 41.8 Å². The number of thiophene rings is 1. The Kier molecular flexibility index (Phi) is 5.18. The van der Waals surface area contributed by atoms with Gasteiger partial charge in [0.15, 0.2) is 0 Å². The van der Waals surface area contributed by atoms with Crippen molar-refractivity contribution in [2.45, 2.75) is 19.8 Å². The zero-order chi connectivity index (χ0) is 14.4. The molecule has 0 bridgehead atoms.